The molecule has 1 heterocycles. The van der Waals surface area contributed by atoms with Crippen molar-refractivity contribution in [3.05, 3.63) is 70.4 Å². The lowest BCUT2D eigenvalue weighted by Crippen LogP contribution is -2.13. The van der Waals surface area contributed by atoms with Gasteiger partial charge in [0.1, 0.15) is 23.9 Å². The number of furan rings is 1. The van der Waals surface area contributed by atoms with E-state index in [4.69, 9.17) is 14.3 Å². The third kappa shape index (κ3) is 3.92. The number of amides is 1. The molecule has 25 heavy (non-hydrogen) atoms. The molecule has 0 saturated carbocycles. The molecule has 0 atom stereocenters. The molecule has 2 aromatic carbocycles. The van der Waals surface area contributed by atoms with Gasteiger partial charge in [0.05, 0.1) is 12.7 Å². The van der Waals surface area contributed by atoms with E-state index in [-0.39, 0.29) is 12.5 Å². The van der Waals surface area contributed by atoms with Crippen molar-refractivity contribution < 1.29 is 19.1 Å². The van der Waals surface area contributed by atoms with Crippen LogP contribution in [0, 0.1) is 0 Å². The second-order valence-corrected chi connectivity index (χ2v) is 6.22. The van der Waals surface area contributed by atoms with E-state index < -0.39 is 0 Å². The Hall–Kier alpha value is -2.57. The van der Waals surface area contributed by atoms with E-state index in [2.05, 4.69) is 21.2 Å². The summed E-state index contributed by atoms with van der Waals surface area (Å²) in [7, 11) is 1.52. The first-order valence-corrected chi connectivity index (χ1v) is 8.35. The van der Waals surface area contributed by atoms with Gasteiger partial charge in [-0.05, 0) is 42.5 Å². The van der Waals surface area contributed by atoms with Crippen LogP contribution in [0.3, 0.4) is 0 Å². The van der Waals surface area contributed by atoms with E-state index in [0.717, 1.165) is 10.0 Å². The quantitative estimate of drug-likeness (QED) is 0.661. The number of ether oxygens (including phenoxy) is 1. The Labute approximate surface area is 153 Å². The molecule has 0 bridgehead atoms. The highest BCUT2D eigenvalue weighted by atomic mass is 79.9. The summed E-state index contributed by atoms with van der Waals surface area (Å²) in [5.74, 6) is 1.34. The first kappa shape index (κ1) is 17.3. The van der Waals surface area contributed by atoms with Gasteiger partial charge in [-0.3, -0.25) is 4.79 Å². The molecule has 3 aromatic rings. The van der Waals surface area contributed by atoms with Crippen molar-refractivity contribution in [2.75, 3.05) is 12.4 Å². The Morgan fingerprint density at radius 1 is 1.20 bits per heavy atom. The zero-order valence-electron chi connectivity index (χ0n) is 13.5. The Kier molecular flexibility index (Phi) is 5.21. The van der Waals surface area contributed by atoms with Crippen molar-refractivity contribution in [2.45, 2.75) is 6.61 Å². The minimum absolute atomic E-state index is 0.154. The Morgan fingerprint density at radius 3 is 2.76 bits per heavy atom. The number of anilines is 1. The molecule has 0 unspecified atom stereocenters. The van der Waals surface area contributed by atoms with E-state index in [1.807, 2.05) is 24.3 Å². The minimum Gasteiger partial charge on any atom is -0.496 e. The topological polar surface area (TPSA) is 71.7 Å². The number of methoxy groups -OCH3 is 1. The van der Waals surface area contributed by atoms with Crippen LogP contribution in [-0.2, 0) is 6.61 Å². The molecule has 0 radical (unpaired) electrons. The molecule has 6 heteroatoms. The zero-order valence-corrected chi connectivity index (χ0v) is 15.0. The molecule has 128 valence electrons. The Balaban J connectivity index is 1.85. The molecule has 0 aliphatic carbocycles. The summed E-state index contributed by atoms with van der Waals surface area (Å²) < 4.78 is 11.6. The first-order valence-electron chi connectivity index (χ1n) is 7.55. The zero-order chi connectivity index (χ0) is 17.8. The van der Waals surface area contributed by atoms with Crippen LogP contribution >= 0.6 is 15.9 Å². The molecule has 5 nitrogen and oxygen atoms in total. The normalized spacial score (nSPS) is 10.5. The number of nitrogens with one attached hydrogen (secondary N) is 1. The van der Waals surface area contributed by atoms with Gasteiger partial charge >= 0.3 is 0 Å². The maximum atomic E-state index is 12.6. The van der Waals surface area contributed by atoms with Gasteiger partial charge in [0.15, 0.2) is 0 Å². The Bertz CT molecular complexity index is 904. The highest BCUT2D eigenvalue weighted by Crippen LogP contribution is 2.27. The molecule has 0 aliphatic heterocycles. The number of hydrogen-bond donors (Lipinski definition) is 2. The average Bonchev–Trinajstić information content (AvgIpc) is 3.11. The van der Waals surface area contributed by atoms with Gasteiger partial charge in [0, 0.05) is 15.7 Å². The van der Waals surface area contributed by atoms with Crippen molar-refractivity contribution >= 4 is 27.5 Å². The van der Waals surface area contributed by atoms with Crippen LogP contribution in [0.1, 0.15) is 16.1 Å². The Morgan fingerprint density at radius 2 is 2.04 bits per heavy atom. The average molecular weight is 402 g/mol. The van der Waals surface area contributed by atoms with Gasteiger partial charge in [-0.2, -0.15) is 0 Å². The fourth-order valence-corrected chi connectivity index (χ4v) is 2.79. The molecule has 0 fully saturated rings. The van der Waals surface area contributed by atoms with Gasteiger partial charge in [-0.15, -0.1) is 0 Å². The lowest BCUT2D eigenvalue weighted by atomic mass is 10.1. The smallest absolute Gasteiger partial charge is 0.259 e. The number of halogens is 1. The molecule has 3 rings (SSSR count). The van der Waals surface area contributed by atoms with Gasteiger partial charge in [-0.1, -0.05) is 28.1 Å². The largest absolute Gasteiger partial charge is 0.496 e. The summed E-state index contributed by atoms with van der Waals surface area (Å²) in [5, 5.41) is 12.0. The van der Waals surface area contributed by atoms with Crippen LogP contribution in [0.2, 0.25) is 0 Å². The number of benzene rings is 2. The monoisotopic (exact) mass is 401 g/mol. The van der Waals surface area contributed by atoms with E-state index in [1.165, 1.54) is 7.11 Å². The molecule has 0 aliphatic rings. The second kappa shape index (κ2) is 7.55. The van der Waals surface area contributed by atoms with Crippen LogP contribution in [-0.4, -0.2) is 18.1 Å². The number of carbonyl (C=O) groups excluding carboxylic acids is 1. The van der Waals surface area contributed by atoms with Gasteiger partial charge in [0.2, 0.25) is 0 Å². The third-order valence-electron chi connectivity index (χ3n) is 3.63. The fourth-order valence-electron chi connectivity index (χ4n) is 2.42. The standard InChI is InChI=1S/C19H16BrNO4/c1-24-18-7-5-13(20)10-16(18)19(23)21-14-4-2-3-12(9-14)17-8-6-15(11-22)25-17/h2-10,22H,11H2,1H3,(H,21,23). The van der Waals surface area contributed by atoms with Crippen molar-refractivity contribution in [3.63, 3.8) is 0 Å². The number of carbonyl (C=O) groups is 1. The minimum atomic E-state index is -0.272. The lowest BCUT2D eigenvalue weighted by molar-refractivity contribution is 0.102. The predicted molar refractivity (Wildman–Crippen MR) is 98.7 cm³/mol. The van der Waals surface area contributed by atoms with Gasteiger partial charge in [-0.25, -0.2) is 0 Å². The van der Waals surface area contributed by atoms with E-state index in [1.54, 1.807) is 30.3 Å². The molecular formula is C19H16BrNO4. The number of aliphatic hydroxyl groups is 1. The molecule has 2 N–H and O–H groups in total. The van der Waals surface area contributed by atoms with Crippen LogP contribution in [0.4, 0.5) is 5.69 Å². The highest BCUT2D eigenvalue weighted by molar-refractivity contribution is 9.10. The molecular weight excluding hydrogens is 386 g/mol. The molecule has 0 spiro atoms. The maximum Gasteiger partial charge on any atom is 0.259 e. The van der Waals surface area contributed by atoms with E-state index in [9.17, 15) is 4.79 Å². The van der Waals surface area contributed by atoms with E-state index in [0.29, 0.717) is 28.5 Å². The maximum absolute atomic E-state index is 12.6. The van der Waals surface area contributed by atoms with Gasteiger partial charge < -0.3 is 19.6 Å². The summed E-state index contributed by atoms with van der Waals surface area (Å²) >= 11 is 3.36. The first-order chi connectivity index (χ1) is 12.1. The summed E-state index contributed by atoms with van der Waals surface area (Å²) in [6.45, 7) is -0.154. The van der Waals surface area contributed by atoms with Crippen LogP contribution in [0.25, 0.3) is 11.3 Å². The van der Waals surface area contributed by atoms with Crippen molar-refractivity contribution in [3.8, 4) is 17.1 Å². The van der Waals surface area contributed by atoms with Crippen LogP contribution < -0.4 is 10.1 Å². The SMILES string of the molecule is COc1ccc(Br)cc1C(=O)Nc1cccc(-c2ccc(CO)o2)c1. The van der Waals surface area contributed by atoms with Crippen molar-refractivity contribution in [2.24, 2.45) is 0 Å². The third-order valence-corrected chi connectivity index (χ3v) is 4.12. The fraction of sp³-hybridized carbons (Fsp3) is 0.105. The van der Waals surface area contributed by atoms with Gasteiger partial charge in [0.25, 0.3) is 5.91 Å². The molecule has 1 aromatic heterocycles. The van der Waals surface area contributed by atoms with Crippen molar-refractivity contribution in [1.29, 1.82) is 0 Å². The molecule has 0 saturated heterocycles. The number of rotatable bonds is 5. The second-order valence-electron chi connectivity index (χ2n) is 5.30. The van der Waals surface area contributed by atoms with Crippen LogP contribution in [0.15, 0.2) is 63.5 Å². The van der Waals surface area contributed by atoms with E-state index >= 15 is 0 Å². The highest BCUT2D eigenvalue weighted by Gasteiger charge is 2.14. The summed E-state index contributed by atoms with van der Waals surface area (Å²) in [4.78, 5) is 12.6. The number of aliphatic hydroxyl groups excluding tert-OH is 1. The van der Waals surface area contributed by atoms with Crippen LogP contribution in [0.5, 0.6) is 5.75 Å². The number of hydrogen-bond acceptors (Lipinski definition) is 4. The summed E-state index contributed by atoms with van der Waals surface area (Å²) in [6.07, 6.45) is 0. The summed E-state index contributed by atoms with van der Waals surface area (Å²) in [5.41, 5.74) is 1.87. The van der Waals surface area contributed by atoms with Crippen molar-refractivity contribution in [1.82, 2.24) is 0 Å². The summed E-state index contributed by atoms with van der Waals surface area (Å²) in [6, 6.07) is 16.0. The molecule has 1 amide bonds. The lowest BCUT2D eigenvalue weighted by Gasteiger charge is -2.10. The predicted octanol–water partition coefficient (Wildman–Crippen LogP) is 4.46.